The molecule has 0 saturated carbocycles. The van der Waals surface area contributed by atoms with E-state index in [0.29, 0.717) is 32.5 Å². The zero-order chi connectivity index (χ0) is 22.3. The lowest BCUT2D eigenvalue weighted by Crippen LogP contribution is -2.43. The number of rotatable bonds is 3. The molecule has 2 aliphatic heterocycles. The van der Waals surface area contributed by atoms with Crippen LogP contribution in [0, 0.1) is 0 Å². The van der Waals surface area contributed by atoms with Gasteiger partial charge < -0.3 is 20.6 Å². The van der Waals surface area contributed by atoms with E-state index in [1.54, 1.807) is 0 Å². The van der Waals surface area contributed by atoms with Crippen LogP contribution in [0.3, 0.4) is 0 Å². The molecule has 3 N–H and O–H groups in total. The number of fused-ring (bicyclic) bond motifs is 2. The first kappa shape index (κ1) is 20.7. The monoisotopic (exact) mass is 439 g/mol. The van der Waals surface area contributed by atoms with E-state index in [1.807, 2.05) is 59.5 Å². The Bertz CT molecular complexity index is 1130. The van der Waals surface area contributed by atoms with Gasteiger partial charge in [0.05, 0.1) is 22.6 Å². The van der Waals surface area contributed by atoms with Gasteiger partial charge in [0.15, 0.2) is 0 Å². The molecule has 0 atom stereocenters. The zero-order valence-electron chi connectivity index (χ0n) is 17.4. The maximum Gasteiger partial charge on any atom is 0.416 e. The first-order chi connectivity index (χ1) is 15.4. The third kappa shape index (κ3) is 3.46. The number of phenols is 1. The van der Waals surface area contributed by atoms with Crippen molar-refractivity contribution in [1.82, 2.24) is 5.32 Å². The summed E-state index contributed by atoms with van der Waals surface area (Å²) in [6.45, 7) is 1.67. The summed E-state index contributed by atoms with van der Waals surface area (Å²) in [5.41, 5.74) is 1.55. The van der Waals surface area contributed by atoms with Gasteiger partial charge in [-0.2, -0.15) is 13.2 Å². The van der Waals surface area contributed by atoms with Gasteiger partial charge in [-0.15, -0.1) is 0 Å². The topological polar surface area (TPSA) is 47.5 Å². The van der Waals surface area contributed by atoms with Crippen LogP contribution in [0.2, 0.25) is 0 Å². The fraction of sp³-hybridized carbons (Fsp3) is 0.280. The number of para-hydroxylation sites is 3. The number of phenolic OH excluding ortho intramolecular Hbond substituents is 1. The highest BCUT2D eigenvalue weighted by atomic mass is 19.4. The van der Waals surface area contributed by atoms with Gasteiger partial charge >= 0.3 is 6.18 Å². The summed E-state index contributed by atoms with van der Waals surface area (Å²) in [5, 5.41) is 17.4. The molecule has 7 heteroatoms. The summed E-state index contributed by atoms with van der Waals surface area (Å²) in [6.07, 6.45) is -3.33. The number of nitrogens with one attached hydrogen (secondary N) is 2. The molecule has 0 unspecified atom stereocenters. The molecule has 2 aliphatic rings. The van der Waals surface area contributed by atoms with Crippen LogP contribution in [0.1, 0.15) is 24.0 Å². The zero-order valence-corrected chi connectivity index (χ0v) is 17.4. The predicted octanol–water partition coefficient (Wildman–Crippen LogP) is 5.93. The Hall–Kier alpha value is -3.19. The van der Waals surface area contributed by atoms with Gasteiger partial charge in [-0.3, -0.25) is 0 Å². The van der Waals surface area contributed by atoms with Crippen LogP contribution in [0.15, 0.2) is 66.7 Å². The molecule has 3 aromatic carbocycles. The van der Waals surface area contributed by atoms with E-state index in [4.69, 9.17) is 0 Å². The molecule has 1 spiro atoms. The molecule has 5 rings (SSSR count). The maximum atomic E-state index is 14.1. The molecular weight excluding hydrogens is 415 g/mol. The minimum atomic E-state index is -4.49. The van der Waals surface area contributed by atoms with Gasteiger partial charge in [0, 0.05) is 17.6 Å². The Morgan fingerprint density at radius 1 is 0.906 bits per heavy atom. The molecule has 0 bridgehead atoms. The van der Waals surface area contributed by atoms with Crippen molar-refractivity contribution in [2.75, 3.05) is 29.9 Å². The van der Waals surface area contributed by atoms with Gasteiger partial charge in [0.25, 0.3) is 0 Å². The first-order valence-electron chi connectivity index (χ1n) is 10.7. The van der Waals surface area contributed by atoms with Crippen molar-refractivity contribution >= 4 is 22.7 Å². The van der Waals surface area contributed by atoms with Crippen LogP contribution in [0.25, 0.3) is 0 Å². The van der Waals surface area contributed by atoms with Gasteiger partial charge in [0.2, 0.25) is 0 Å². The number of benzene rings is 3. The number of nitrogens with zero attached hydrogens (tertiary/aromatic N) is 1. The predicted molar refractivity (Wildman–Crippen MR) is 120 cm³/mol. The summed E-state index contributed by atoms with van der Waals surface area (Å²) in [7, 11) is 0. The summed E-state index contributed by atoms with van der Waals surface area (Å²) < 4.78 is 42.2. The van der Waals surface area contributed by atoms with Crippen molar-refractivity contribution in [1.29, 1.82) is 0 Å². The third-order valence-electron chi connectivity index (χ3n) is 6.53. The Kier molecular flexibility index (Phi) is 5.01. The van der Waals surface area contributed by atoms with Crippen LogP contribution < -0.4 is 15.5 Å². The van der Waals surface area contributed by atoms with Crippen LogP contribution >= 0.6 is 0 Å². The largest absolute Gasteiger partial charge is 0.506 e. The summed E-state index contributed by atoms with van der Waals surface area (Å²) in [6, 6.07) is 19.4. The van der Waals surface area contributed by atoms with E-state index < -0.39 is 17.2 Å². The van der Waals surface area contributed by atoms with Gasteiger partial charge in [0.1, 0.15) is 5.75 Å². The van der Waals surface area contributed by atoms with Gasteiger partial charge in [-0.25, -0.2) is 0 Å². The van der Waals surface area contributed by atoms with Crippen molar-refractivity contribution in [3.8, 4) is 5.75 Å². The second-order valence-corrected chi connectivity index (χ2v) is 8.48. The molecule has 2 heterocycles. The second-order valence-electron chi connectivity index (χ2n) is 8.48. The molecular formula is C25H24F3N3O. The van der Waals surface area contributed by atoms with E-state index in [9.17, 15) is 18.3 Å². The van der Waals surface area contributed by atoms with Gasteiger partial charge in [-0.1, -0.05) is 30.3 Å². The maximum absolute atomic E-state index is 14.1. The summed E-state index contributed by atoms with van der Waals surface area (Å²) >= 11 is 0. The molecule has 0 aliphatic carbocycles. The SMILES string of the molecule is Oc1ccc(C(F)(F)F)c2c1N(c1ccccc1Nc1ccccc1)CC21CCNCC1. The van der Waals surface area contributed by atoms with Crippen molar-refractivity contribution in [2.45, 2.75) is 24.4 Å². The van der Waals surface area contributed by atoms with Crippen molar-refractivity contribution < 1.29 is 18.3 Å². The number of halogens is 3. The number of piperidine rings is 1. The molecule has 1 fully saturated rings. The summed E-state index contributed by atoms with van der Waals surface area (Å²) in [4.78, 5) is 1.86. The minimum absolute atomic E-state index is 0.127. The molecule has 0 aromatic heterocycles. The van der Waals surface area contributed by atoms with E-state index in [0.717, 1.165) is 23.1 Å². The number of aromatic hydroxyl groups is 1. The number of anilines is 4. The lowest BCUT2D eigenvalue weighted by Gasteiger charge is -2.36. The fourth-order valence-electron chi connectivity index (χ4n) is 5.10. The minimum Gasteiger partial charge on any atom is -0.506 e. The Morgan fingerprint density at radius 3 is 2.31 bits per heavy atom. The average molecular weight is 439 g/mol. The Morgan fingerprint density at radius 2 is 1.59 bits per heavy atom. The van der Waals surface area contributed by atoms with E-state index in [2.05, 4.69) is 10.6 Å². The number of alkyl halides is 3. The smallest absolute Gasteiger partial charge is 0.416 e. The average Bonchev–Trinajstić information content (AvgIpc) is 3.10. The number of hydrogen-bond donors (Lipinski definition) is 3. The van der Waals surface area contributed by atoms with Crippen molar-refractivity contribution in [3.05, 3.63) is 77.9 Å². The highest BCUT2D eigenvalue weighted by Gasteiger charge is 2.51. The van der Waals surface area contributed by atoms with E-state index in [1.165, 1.54) is 6.07 Å². The standard InChI is InChI=1S/C25H24F3N3O/c26-25(27,28)18-10-11-21(32)23-22(18)24(12-14-29-15-13-24)16-31(23)20-9-5-4-8-19(20)30-17-6-2-1-3-7-17/h1-11,29-30,32H,12-16H2. The van der Waals surface area contributed by atoms with E-state index >= 15 is 0 Å². The Balaban J connectivity index is 1.68. The van der Waals surface area contributed by atoms with Crippen LogP contribution in [0.4, 0.5) is 35.9 Å². The van der Waals surface area contributed by atoms with Crippen molar-refractivity contribution in [2.24, 2.45) is 0 Å². The molecule has 0 amide bonds. The third-order valence-corrected chi connectivity index (χ3v) is 6.53. The summed E-state index contributed by atoms with van der Waals surface area (Å²) in [5.74, 6) is -0.127. The fourth-order valence-corrected chi connectivity index (χ4v) is 5.10. The molecule has 3 aromatic rings. The first-order valence-corrected chi connectivity index (χ1v) is 10.7. The quantitative estimate of drug-likeness (QED) is 0.474. The van der Waals surface area contributed by atoms with E-state index in [-0.39, 0.29) is 17.0 Å². The van der Waals surface area contributed by atoms with Crippen LogP contribution in [-0.4, -0.2) is 24.7 Å². The number of hydrogen-bond acceptors (Lipinski definition) is 4. The molecule has 0 radical (unpaired) electrons. The normalized spacial score (nSPS) is 17.4. The highest BCUT2D eigenvalue weighted by Crippen LogP contribution is 2.57. The Labute approximate surface area is 184 Å². The van der Waals surface area contributed by atoms with Crippen molar-refractivity contribution in [3.63, 3.8) is 0 Å². The molecule has 166 valence electrons. The molecule has 1 saturated heterocycles. The lowest BCUT2D eigenvalue weighted by molar-refractivity contribution is -0.138. The molecule has 4 nitrogen and oxygen atoms in total. The van der Waals surface area contributed by atoms with Crippen LogP contribution in [-0.2, 0) is 11.6 Å². The second kappa shape index (κ2) is 7.74. The van der Waals surface area contributed by atoms with Gasteiger partial charge in [-0.05, 0) is 67.9 Å². The van der Waals surface area contributed by atoms with Crippen LogP contribution in [0.5, 0.6) is 5.75 Å². The highest BCUT2D eigenvalue weighted by molar-refractivity contribution is 5.86. The molecule has 32 heavy (non-hydrogen) atoms. The lowest BCUT2D eigenvalue weighted by atomic mass is 9.73.